The summed E-state index contributed by atoms with van der Waals surface area (Å²) < 4.78 is 5.47. The predicted molar refractivity (Wildman–Crippen MR) is 116 cm³/mol. The topological polar surface area (TPSA) is 99.6 Å². The summed E-state index contributed by atoms with van der Waals surface area (Å²) in [6.45, 7) is 4.79. The van der Waals surface area contributed by atoms with Gasteiger partial charge in [0.25, 0.3) is 0 Å². The number of carbonyl (C=O) groups is 1. The van der Waals surface area contributed by atoms with Gasteiger partial charge in [-0.3, -0.25) is 5.32 Å². The molecule has 2 aromatic rings. The number of hydrogen-bond acceptors (Lipinski definition) is 6. The van der Waals surface area contributed by atoms with Gasteiger partial charge in [0.15, 0.2) is 5.82 Å². The minimum absolute atomic E-state index is 0.193. The molecule has 2 aliphatic heterocycles. The first-order valence-electron chi connectivity index (χ1n) is 10.8. The number of carbonyl (C=O) groups excluding carboxylic acids is 1. The molecule has 0 radical (unpaired) electrons. The van der Waals surface area contributed by atoms with E-state index < -0.39 is 5.60 Å². The second-order valence-corrected chi connectivity index (χ2v) is 8.58. The summed E-state index contributed by atoms with van der Waals surface area (Å²) in [4.78, 5) is 24.5. The number of aromatic nitrogens is 2. The fourth-order valence-electron chi connectivity index (χ4n) is 4.27. The van der Waals surface area contributed by atoms with Gasteiger partial charge in [-0.1, -0.05) is 6.07 Å². The summed E-state index contributed by atoms with van der Waals surface area (Å²) in [5.41, 5.74) is 1.56. The smallest absolute Gasteiger partial charge is 0.323 e. The molecule has 2 saturated heterocycles. The minimum atomic E-state index is -0.703. The average molecular weight is 414 g/mol. The number of urea groups is 1. The molecule has 30 heavy (non-hydrogen) atoms. The molecule has 3 N–H and O–H groups in total. The maximum atomic E-state index is 13.0. The number of methoxy groups -OCH3 is 1. The Morgan fingerprint density at radius 1 is 1.27 bits per heavy atom. The zero-order chi connectivity index (χ0) is 21.1. The fourth-order valence-corrected chi connectivity index (χ4v) is 4.27. The van der Waals surface area contributed by atoms with E-state index in [9.17, 15) is 9.90 Å². The van der Waals surface area contributed by atoms with Crippen LogP contribution >= 0.6 is 0 Å². The van der Waals surface area contributed by atoms with E-state index >= 15 is 0 Å². The molecule has 1 aromatic heterocycles. The lowest BCUT2D eigenvalue weighted by Gasteiger charge is -2.35. The molecule has 2 aliphatic rings. The number of para-hydroxylation sites is 1. The van der Waals surface area contributed by atoms with Crippen LogP contribution in [0.25, 0.3) is 11.0 Å². The number of ether oxygens (including phenoxy) is 1. The van der Waals surface area contributed by atoms with Gasteiger partial charge in [-0.05, 0) is 64.3 Å². The molecule has 0 spiro atoms. The van der Waals surface area contributed by atoms with E-state index in [0.717, 1.165) is 43.6 Å². The van der Waals surface area contributed by atoms with Gasteiger partial charge in [-0.25, -0.2) is 14.8 Å². The van der Waals surface area contributed by atoms with Crippen LogP contribution in [0.5, 0.6) is 5.75 Å². The van der Waals surface area contributed by atoms with Crippen LogP contribution in [0.2, 0.25) is 0 Å². The zero-order valence-corrected chi connectivity index (χ0v) is 17.8. The lowest BCUT2D eigenvalue weighted by Crippen LogP contribution is -2.46. The third-order valence-corrected chi connectivity index (χ3v) is 6.22. The molecule has 162 valence electrons. The van der Waals surface area contributed by atoms with Crippen LogP contribution in [0.1, 0.15) is 50.6 Å². The first-order valence-corrected chi connectivity index (χ1v) is 10.8. The number of anilines is 1. The van der Waals surface area contributed by atoms with Crippen molar-refractivity contribution in [1.29, 1.82) is 0 Å². The number of rotatable bonds is 3. The molecule has 2 amide bonds. The maximum Gasteiger partial charge on any atom is 0.323 e. The van der Waals surface area contributed by atoms with Crippen molar-refractivity contribution < 1.29 is 14.6 Å². The standard InChI is InChI=1S/C22H31N5O3/c1-22(29)9-13-27(14-10-22)21(28)26-20-18(15-5-4-11-23-12-8-15)24-16-6-3-7-17(30-2)19(16)25-20/h3,6-7,15,23,29H,4-5,8-14H2,1-2H3,(H,25,26,28). The van der Waals surface area contributed by atoms with Crippen molar-refractivity contribution in [2.75, 3.05) is 38.6 Å². The molecule has 0 bridgehead atoms. The Labute approximate surface area is 177 Å². The molecule has 1 aromatic carbocycles. The van der Waals surface area contributed by atoms with Crippen LogP contribution < -0.4 is 15.4 Å². The van der Waals surface area contributed by atoms with E-state index in [1.54, 1.807) is 12.0 Å². The fraction of sp³-hybridized carbons (Fsp3) is 0.591. The Balaban J connectivity index is 1.66. The van der Waals surface area contributed by atoms with Gasteiger partial charge in [0.1, 0.15) is 11.3 Å². The number of fused-ring (bicyclic) bond motifs is 1. The summed E-state index contributed by atoms with van der Waals surface area (Å²) >= 11 is 0. The van der Waals surface area contributed by atoms with Gasteiger partial charge < -0.3 is 20.1 Å². The second kappa shape index (κ2) is 8.73. The normalized spacial score (nSPS) is 21.8. The van der Waals surface area contributed by atoms with Crippen molar-refractivity contribution in [3.05, 3.63) is 23.9 Å². The van der Waals surface area contributed by atoms with Crippen molar-refractivity contribution in [2.45, 2.75) is 50.5 Å². The minimum Gasteiger partial charge on any atom is -0.494 e. The van der Waals surface area contributed by atoms with Crippen molar-refractivity contribution >= 4 is 22.9 Å². The molecular weight excluding hydrogens is 382 g/mol. The third-order valence-electron chi connectivity index (χ3n) is 6.22. The first kappa shape index (κ1) is 20.8. The number of likely N-dealkylation sites (tertiary alicyclic amines) is 1. The number of amides is 2. The SMILES string of the molecule is COc1cccc2nc(C3CCCNCC3)c(NC(=O)N3CCC(C)(O)CC3)nc12. The molecule has 1 unspecified atom stereocenters. The molecule has 2 fully saturated rings. The summed E-state index contributed by atoms with van der Waals surface area (Å²) in [7, 11) is 1.61. The number of aliphatic hydroxyl groups is 1. The van der Waals surface area contributed by atoms with E-state index in [2.05, 4.69) is 10.6 Å². The predicted octanol–water partition coefficient (Wildman–Crippen LogP) is 2.87. The summed E-state index contributed by atoms with van der Waals surface area (Å²) in [6, 6.07) is 5.50. The monoisotopic (exact) mass is 413 g/mol. The maximum absolute atomic E-state index is 13.0. The van der Waals surface area contributed by atoms with E-state index in [1.165, 1.54) is 0 Å². The van der Waals surface area contributed by atoms with Crippen molar-refractivity contribution in [2.24, 2.45) is 0 Å². The zero-order valence-electron chi connectivity index (χ0n) is 17.8. The highest BCUT2D eigenvalue weighted by Gasteiger charge is 2.31. The largest absolute Gasteiger partial charge is 0.494 e. The molecule has 8 heteroatoms. The average Bonchev–Trinajstić information content (AvgIpc) is 3.02. The highest BCUT2D eigenvalue weighted by Crippen LogP contribution is 2.33. The number of nitrogens with one attached hydrogen (secondary N) is 2. The lowest BCUT2D eigenvalue weighted by molar-refractivity contribution is 0.00569. The molecule has 0 saturated carbocycles. The Morgan fingerprint density at radius 2 is 2.07 bits per heavy atom. The Morgan fingerprint density at radius 3 is 2.83 bits per heavy atom. The molecule has 4 rings (SSSR count). The number of nitrogens with zero attached hydrogens (tertiary/aromatic N) is 3. The molecule has 3 heterocycles. The van der Waals surface area contributed by atoms with Crippen molar-refractivity contribution in [3.8, 4) is 5.75 Å². The van der Waals surface area contributed by atoms with Gasteiger partial charge >= 0.3 is 6.03 Å². The highest BCUT2D eigenvalue weighted by molar-refractivity contribution is 5.91. The van der Waals surface area contributed by atoms with Gasteiger partial charge in [-0.15, -0.1) is 0 Å². The van der Waals surface area contributed by atoms with Crippen LogP contribution in [0, 0.1) is 0 Å². The highest BCUT2D eigenvalue weighted by atomic mass is 16.5. The number of hydrogen-bond donors (Lipinski definition) is 3. The van der Waals surface area contributed by atoms with Gasteiger partial charge in [0, 0.05) is 19.0 Å². The van der Waals surface area contributed by atoms with E-state index in [1.807, 2.05) is 25.1 Å². The van der Waals surface area contributed by atoms with Gasteiger partial charge in [0.2, 0.25) is 0 Å². The van der Waals surface area contributed by atoms with E-state index in [-0.39, 0.29) is 11.9 Å². The van der Waals surface area contributed by atoms with Crippen LogP contribution in [0.3, 0.4) is 0 Å². The third kappa shape index (κ3) is 4.49. The Kier molecular flexibility index (Phi) is 6.06. The first-order chi connectivity index (χ1) is 14.5. The Hall–Kier alpha value is -2.45. The summed E-state index contributed by atoms with van der Waals surface area (Å²) in [6.07, 6.45) is 4.17. The molecular formula is C22H31N5O3. The van der Waals surface area contributed by atoms with Gasteiger partial charge in [0.05, 0.1) is 23.9 Å². The molecule has 1 atom stereocenters. The van der Waals surface area contributed by atoms with Crippen LogP contribution in [-0.2, 0) is 0 Å². The van der Waals surface area contributed by atoms with E-state index in [0.29, 0.717) is 43.0 Å². The van der Waals surface area contributed by atoms with Gasteiger partial charge in [-0.2, -0.15) is 0 Å². The van der Waals surface area contributed by atoms with E-state index in [4.69, 9.17) is 14.7 Å². The molecule has 8 nitrogen and oxygen atoms in total. The van der Waals surface area contributed by atoms with Crippen molar-refractivity contribution in [1.82, 2.24) is 20.2 Å². The number of piperidine rings is 1. The van der Waals surface area contributed by atoms with Crippen LogP contribution in [0.4, 0.5) is 10.6 Å². The quantitative estimate of drug-likeness (QED) is 0.716. The van der Waals surface area contributed by atoms with Crippen LogP contribution in [0.15, 0.2) is 18.2 Å². The van der Waals surface area contributed by atoms with Crippen LogP contribution in [-0.4, -0.2) is 64.9 Å². The lowest BCUT2D eigenvalue weighted by atomic mass is 9.94. The summed E-state index contributed by atoms with van der Waals surface area (Å²) in [5.74, 6) is 1.39. The number of benzene rings is 1. The summed E-state index contributed by atoms with van der Waals surface area (Å²) in [5, 5.41) is 16.6. The molecule has 0 aliphatic carbocycles. The second-order valence-electron chi connectivity index (χ2n) is 8.58. The Bertz CT molecular complexity index is 899. The van der Waals surface area contributed by atoms with Crippen molar-refractivity contribution in [3.63, 3.8) is 0 Å².